The Labute approximate surface area is 209 Å². The molecule has 0 aliphatic carbocycles. The van der Waals surface area contributed by atoms with Gasteiger partial charge in [0.25, 0.3) is 0 Å². The molecule has 0 saturated carbocycles. The van der Waals surface area contributed by atoms with Crippen molar-refractivity contribution in [1.29, 1.82) is 0 Å². The van der Waals surface area contributed by atoms with E-state index in [4.69, 9.17) is 28.3 Å². The van der Waals surface area contributed by atoms with E-state index in [0.29, 0.717) is 18.0 Å². The van der Waals surface area contributed by atoms with E-state index < -0.39 is 0 Å². The van der Waals surface area contributed by atoms with Gasteiger partial charge in [0.15, 0.2) is 11.5 Å². The van der Waals surface area contributed by atoms with Crippen LogP contribution in [0.25, 0.3) is 32.9 Å². The first-order valence-corrected chi connectivity index (χ1v) is 11.5. The zero-order valence-electron chi connectivity index (χ0n) is 21.0. The van der Waals surface area contributed by atoms with Crippen LogP contribution in [0.4, 0.5) is 5.82 Å². The molecule has 0 amide bonds. The zero-order chi connectivity index (χ0) is 25.2. The van der Waals surface area contributed by atoms with E-state index in [0.717, 1.165) is 55.7 Å². The van der Waals surface area contributed by atoms with Crippen molar-refractivity contribution in [3.05, 3.63) is 72.6 Å². The summed E-state index contributed by atoms with van der Waals surface area (Å²) in [5.41, 5.74) is 3.76. The van der Waals surface area contributed by atoms with Crippen LogP contribution in [0.15, 0.2) is 71.5 Å². The number of ether oxygens (including phenoxy) is 4. The molecule has 5 rings (SSSR count). The van der Waals surface area contributed by atoms with E-state index in [1.165, 1.54) is 0 Å². The second-order valence-electron chi connectivity index (χ2n) is 8.46. The van der Waals surface area contributed by atoms with Crippen molar-refractivity contribution < 1.29 is 23.4 Å². The molecule has 0 N–H and O–H groups in total. The Kier molecular flexibility index (Phi) is 6.29. The number of furan rings is 1. The Morgan fingerprint density at radius 3 is 2.25 bits per heavy atom. The molecule has 0 atom stereocenters. The molecule has 0 saturated heterocycles. The number of rotatable bonds is 8. The van der Waals surface area contributed by atoms with Gasteiger partial charge in [0.1, 0.15) is 22.9 Å². The molecule has 0 fully saturated rings. The van der Waals surface area contributed by atoms with E-state index in [9.17, 15) is 0 Å². The fourth-order valence-corrected chi connectivity index (χ4v) is 4.52. The van der Waals surface area contributed by atoms with Gasteiger partial charge in [-0.15, -0.1) is 0 Å². The molecule has 7 heteroatoms. The first-order chi connectivity index (χ1) is 17.6. The van der Waals surface area contributed by atoms with Gasteiger partial charge in [-0.25, -0.2) is 4.98 Å². The van der Waals surface area contributed by atoms with Gasteiger partial charge >= 0.3 is 0 Å². The molecule has 2 aromatic heterocycles. The van der Waals surface area contributed by atoms with Gasteiger partial charge in [0.05, 0.1) is 34.7 Å². The maximum atomic E-state index is 5.91. The quantitative estimate of drug-likeness (QED) is 0.255. The van der Waals surface area contributed by atoms with Crippen molar-refractivity contribution in [2.45, 2.75) is 6.54 Å². The summed E-state index contributed by atoms with van der Waals surface area (Å²) in [5, 5.41) is 3.04. The first kappa shape index (κ1) is 23.4. The molecule has 0 unspecified atom stereocenters. The number of benzene rings is 3. The van der Waals surface area contributed by atoms with E-state index in [1.54, 1.807) is 34.7 Å². The number of hydrogen-bond donors (Lipinski definition) is 0. The van der Waals surface area contributed by atoms with Crippen LogP contribution in [0.3, 0.4) is 0 Å². The van der Waals surface area contributed by atoms with Crippen molar-refractivity contribution >= 4 is 27.6 Å². The number of hydrogen-bond acceptors (Lipinski definition) is 7. The number of anilines is 1. The highest BCUT2D eigenvalue weighted by Crippen LogP contribution is 2.41. The van der Waals surface area contributed by atoms with Gasteiger partial charge in [-0.2, -0.15) is 0 Å². The predicted octanol–water partition coefficient (Wildman–Crippen LogP) is 6.32. The Bertz CT molecular complexity index is 1530. The largest absolute Gasteiger partial charge is 0.497 e. The molecular formula is C29H28N2O5. The third kappa shape index (κ3) is 4.13. The fraction of sp³-hybridized carbons (Fsp3) is 0.207. The average molecular weight is 485 g/mol. The van der Waals surface area contributed by atoms with Crippen molar-refractivity contribution in [1.82, 2.24) is 4.98 Å². The number of pyridine rings is 1. The molecule has 36 heavy (non-hydrogen) atoms. The summed E-state index contributed by atoms with van der Waals surface area (Å²) in [5.74, 6) is 3.72. The highest BCUT2D eigenvalue weighted by molar-refractivity contribution is 6.11. The van der Waals surface area contributed by atoms with E-state index in [1.807, 2.05) is 55.7 Å². The van der Waals surface area contributed by atoms with Crippen LogP contribution in [0.2, 0.25) is 0 Å². The Balaban J connectivity index is 1.53. The van der Waals surface area contributed by atoms with Gasteiger partial charge in [-0.3, -0.25) is 0 Å². The monoisotopic (exact) mass is 484 g/mol. The smallest absolute Gasteiger partial charge is 0.161 e. The van der Waals surface area contributed by atoms with Gasteiger partial charge in [-0.05, 0) is 59.3 Å². The maximum Gasteiger partial charge on any atom is 0.161 e. The third-order valence-corrected chi connectivity index (χ3v) is 6.39. The SMILES string of the molecule is COc1ccc(CN(C)c2ccc(-c3c4cc(OC)c(OC)cc4cc4ccoc34)cn2)c(OC)c1. The maximum absolute atomic E-state index is 5.91. The lowest BCUT2D eigenvalue weighted by molar-refractivity contribution is 0.356. The molecule has 7 nitrogen and oxygen atoms in total. The molecule has 5 aromatic rings. The van der Waals surface area contributed by atoms with Crippen LogP contribution in [0.5, 0.6) is 23.0 Å². The standard InChI is InChI=1S/C29H28N2O5/c1-31(17-20-6-8-22(32-2)14-24(20)33-3)27-9-7-19(16-30-27)28-23-15-26(35-5)25(34-4)13-21(23)12-18-10-11-36-29(18)28/h6-16H,17H2,1-5H3. The van der Waals surface area contributed by atoms with Crippen LogP contribution in [0, 0.1) is 0 Å². The van der Waals surface area contributed by atoms with Gasteiger partial charge < -0.3 is 28.3 Å². The van der Waals surface area contributed by atoms with E-state index >= 15 is 0 Å². The predicted molar refractivity (Wildman–Crippen MR) is 142 cm³/mol. The third-order valence-electron chi connectivity index (χ3n) is 6.39. The average Bonchev–Trinajstić information content (AvgIpc) is 3.39. The highest BCUT2D eigenvalue weighted by atomic mass is 16.5. The first-order valence-electron chi connectivity index (χ1n) is 11.5. The number of methoxy groups -OCH3 is 4. The van der Waals surface area contributed by atoms with Crippen molar-refractivity contribution in [3.8, 4) is 34.1 Å². The van der Waals surface area contributed by atoms with Crippen LogP contribution in [0.1, 0.15) is 5.56 Å². The molecule has 0 aliphatic heterocycles. The molecule has 184 valence electrons. The minimum Gasteiger partial charge on any atom is -0.497 e. The summed E-state index contributed by atoms with van der Waals surface area (Å²) in [6, 6.07) is 17.9. The normalized spacial score (nSPS) is 11.0. The summed E-state index contributed by atoms with van der Waals surface area (Å²) in [7, 11) is 8.59. The fourth-order valence-electron chi connectivity index (χ4n) is 4.52. The van der Waals surface area contributed by atoms with E-state index in [-0.39, 0.29) is 0 Å². The molecule has 3 aromatic carbocycles. The van der Waals surface area contributed by atoms with Crippen LogP contribution in [-0.4, -0.2) is 40.5 Å². The highest BCUT2D eigenvalue weighted by Gasteiger charge is 2.17. The Morgan fingerprint density at radius 2 is 1.56 bits per heavy atom. The van der Waals surface area contributed by atoms with Crippen molar-refractivity contribution in [2.75, 3.05) is 40.4 Å². The lowest BCUT2D eigenvalue weighted by Gasteiger charge is -2.20. The molecule has 0 bridgehead atoms. The second kappa shape index (κ2) is 9.70. The molecule has 0 spiro atoms. The topological polar surface area (TPSA) is 66.2 Å². The molecule has 2 heterocycles. The minimum absolute atomic E-state index is 0.632. The minimum atomic E-state index is 0.632. The summed E-state index contributed by atoms with van der Waals surface area (Å²) < 4.78 is 27.9. The zero-order valence-corrected chi connectivity index (χ0v) is 21.0. The summed E-state index contributed by atoms with van der Waals surface area (Å²) in [6.07, 6.45) is 3.59. The summed E-state index contributed by atoms with van der Waals surface area (Å²) >= 11 is 0. The number of nitrogens with zero attached hydrogens (tertiary/aromatic N) is 2. The number of fused-ring (bicyclic) bond motifs is 2. The number of aromatic nitrogens is 1. The van der Waals surface area contributed by atoms with E-state index in [2.05, 4.69) is 17.0 Å². The summed E-state index contributed by atoms with van der Waals surface area (Å²) in [6.45, 7) is 0.632. The Morgan fingerprint density at radius 1 is 0.778 bits per heavy atom. The van der Waals surface area contributed by atoms with Crippen LogP contribution in [-0.2, 0) is 6.54 Å². The van der Waals surface area contributed by atoms with Crippen molar-refractivity contribution in [2.24, 2.45) is 0 Å². The Hall–Kier alpha value is -4.39. The van der Waals surface area contributed by atoms with Crippen LogP contribution >= 0.6 is 0 Å². The van der Waals surface area contributed by atoms with Gasteiger partial charge in [-0.1, -0.05) is 0 Å². The lowest BCUT2D eigenvalue weighted by atomic mass is 9.96. The second-order valence-corrected chi connectivity index (χ2v) is 8.46. The summed E-state index contributed by atoms with van der Waals surface area (Å²) in [4.78, 5) is 6.85. The van der Waals surface area contributed by atoms with Crippen LogP contribution < -0.4 is 23.8 Å². The lowest BCUT2D eigenvalue weighted by Crippen LogP contribution is -2.18. The van der Waals surface area contributed by atoms with Crippen molar-refractivity contribution in [3.63, 3.8) is 0 Å². The molecule has 0 aliphatic rings. The van der Waals surface area contributed by atoms with Gasteiger partial charge in [0.2, 0.25) is 0 Å². The molecular weight excluding hydrogens is 456 g/mol. The molecule has 0 radical (unpaired) electrons. The van der Waals surface area contributed by atoms with Gasteiger partial charge in [0, 0.05) is 47.9 Å².